The molecule has 0 heterocycles. The van der Waals surface area contributed by atoms with Crippen LogP contribution in [-0.2, 0) is 18.7 Å². The fraction of sp³-hybridized carbons (Fsp3) is 0.762. The number of terminal acetylenes is 1. The van der Waals surface area contributed by atoms with E-state index >= 15 is 0 Å². The summed E-state index contributed by atoms with van der Waals surface area (Å²) in [5.41, 5.74) is 0. The Morgan fingerprint density at radius 3 is 2.38 bits per heavy atom. The Bertz CT molecular complexity index is 473. The zero-order valence-corrected chi connectivity index (χ0v) is 18.8. The molecule has 0 aromatic carbocycles. The van der Waals surface area contributed by atoms with E-state index in [4.69, 9.17) is 20.3 Å². The van der Waals surface area contributed by atoms with Crippen LogP contribution in [0, 0.1) is 18.3 Å². The molecule has 0 saturated carbocycles. The highest BCUT2D eigenvalue weighted by atomic mass is 28.4. The summed E-state index contributed by atoms with van der Waals surface area (Å²) in [4.78, 5) is 11.7. The van der Waals surface area contributed by atoms with Crippen LogP contribution in [0.25, 0.3) is 0 Å². The van der Waals surface area contributed by atoms with Gasteiger partial charge in [-0.15, -0.1) is 18.9 Å². The Kier molecular flexibility index (Phi) is 11.1. The highest BCUT2D eigenvalue weighted by Crippen LogP contribution is 2.38. The van der Waals surface area contributed by atoms with Gasteiger partial charge in [-0.1, -0.05) is 40.7 Å². The van der Waals surface area contributed by atoms with Crippen LogP contribution in [-0.4, -0.2) is 39.7 Å². The van der Waals surface area contributed by atoms with Crippen molar-refractivity contribution in [1.82, 2.24) is 0 Å². The fourth-order valence-corrected chi connectivity index (χ4v) is 3.48. The molecule has 26 heavy (non-hydrogen) atoms. The molecule has 4 nitrogen and oxygen atoms in total. The van der Waals surface area contributed by atoms with E-state index in [-0.39, 0.29) is 42.2 Å². The smallest absolute Gasteiger partial charge is 0.308 e. The van der Waals surface area contributed by atoms with Crippen LogP contribution in [0.2, 0.25) is 18.1 Å². The molecule has 0 aliphatic carbocycles. The lowest BCUT2D eigenvalue weighted by Crippen LogP contribution is -2.48. The lowest BCUT2D eigenvalue weighted by atomic mass is 9.96. The molecule has 0 aromatic rings. The van der Waals surface area contributed by atoms with E-state index in [9.17, 15) is 4.79 Å². The molecule has 0 bridgehead atoms. The van der Waals surface area contributed by atoms with Crippen molar-refractivity contribution in [1.29, 1.82) is 0 Å². The zero-order chi connectivity index (χ0) is 20.4. The van der Waals surface area contributed by atoms with E-state index in [1.807, 2.05) is 13.8 Å². The molecule has 0 radical (unpaired) electrons. The molecule has 0 N–H and O–H groups in total. The number of hydrogen-bond acceptors (Lipinski definition) is 4. The Balaban J connectivity index is 5.06. The zero-order valence-electron chi connectivity index (χ0n) is 17.8. The third-order valence-corrected chi connectivity index (χ3v) is 9.35. The van der Waals surface area contributed by atoms with Crippen LogP contribution in [0.1, 0.15) is 53.9 Å². The van der Waals surface area contributed by atoms with Gasteiger partial charge in [0.2, 0.25) is 0 Å². The molecule has 0 aliphatic heterocycles. The normalized spacial score (nSPS) is 15.6. The summed E-state index contributed by atoms with van der Waals surface area (Å²) < 4.78 is 17.7. The molecular weight excluding hydrogens is 344 g/mol. The van der Waals surface area contributed by atoms with Gasteiger partial charge in [-0.05, 0) is 30.5 Å². The molecule has 5 heteroatoms. The minimum Gasteiger partial charge on any atom is -0.466 e. The van der Waals surface area contributed by atoms with E-state index in [0.29, 0.717) is 13.0 Å². The Labute approximate surface area is 161 Å². The first-order valence-electron chi connectivity index (χ1n) is 9.51. The van der Waals surface area contributed by atoms with Gasteiger partial charge in [0.1, 0.15) is 0 Å². The molecule has 0 fully saturated rings. The first kappa shape index (κ1) is 24.9. The molecule has 0 saturated heterocycles. The van der Waals surface area contributed by atoms with Crippen molar-refractivity contribution < 1.29 is 18.7 Å². The molecule has 3 atom stereocenters. The second-order valence-corrected chi connectivity index (χ2v) is 13.0. The lowest BCUT2D eigenvalue weighted by Gasteiger charge is -2.41. The Morgan fingerprint density at radius 2 is 1.92 bits per heavy atom. The Morgan fingerprint density at radius 1 is 1.31 bits per heavy atom. The molecule has 0 amide bonds. The summed E-state index contributed by atoms with van der Waals surface area (Å²) in [6.45, 7) is 19.7. The van der Waals surface area contributed by atoms with E-state index < -0.39 is 8.32 Å². The lowest BCUT2D eigenvalue weighted by molar-refractivity contribution is -0.146. The molecule has 0 unspecified atom stereocenters. The van der Waals surface area contributed by atoms with E-state index in [1.165, 1.54) is 0 Å². The topological polar surface area (TPSA) is 44.8 Å². The third-order valence-electron chi connectivity index (χ3n) is 4.88. The minimum atomic E-state index is -1.99. The quantitative estimate of drug-likeness (QED) is 0.207. The predicted octanol–water partition coefficient (Wildman–Crippen LogP) is 4.95. The van der Waals surface area contributed by atoms with Crippen molar-refractivity contribution in [3.63, 3.8) is 0 Å². The summed E-state index contributed by atoms with van der Waals surface area (Å²) in [6.07, 6.45) is 8.42. The number of rotatable bonds is 12. The molecule has 0 aromatic heterocycles. The van der Waals surface area contributed by atoms with Gasteiger partial charge in [-0.3, -0.25) is 4.79 Å². The van der Waals surface area contributed by atoms with Crippen molar-refractivity contribution in [2.75, 3.05) is 13.2 Å². The standard InChI is InChI=1S/C21H38O4Si/c1-10-13-17(4)20(24-16-14-19(22)23-15-11-2)18(12-3)25-26(8,9)21(5,6)7/h1,12,17-18,20H,3,11,13-16H2,2,4-9H3/t17-,18-,20+/m1/s1. The highest BCUT2D eigenvalue weighted by molar-refractivity contribution is 6.74. The van der Waals surface area contributed by atoms with E-state index in [1.54, 1.807) is 6.08 Å². The van der Waals surface area contributed by atoms with Crippen molar-refractivity contribution in [2.24, 2.45) is 5.92 Å². The summed E-state index contributed by atoms with van der Waals surface area (Å²) in [5, 5.41) is 0.0815. The van der Waals surface area contributed by atoms with Gasteiger partial charge in [0.25, 0.3) is 0 Å². The maximum absolute atomic E-state index is 11.7. The number of carbonyl (C=O) groups is 1. The van der Waals surface area contributed by atoms with Crippen LogP contribution in [0.3, 0.4) is 0 Å². The summed E-state index contributed by atoms with van der Waals surface area (Å²) in [7, 11) is -1.99. The molecule has 150 valence electrons. The van der Waals surface area contributed by atoms with Crippen LogP contribution >= 0.6 is 0 Å². The average molecular weight is 383 g/mol. The van der Waals surface area contributed by atoms with Crippen LogP contribution < -0.4 is 0 Å². The SMILES string of the molecule is C#CC[C@@H](C)[C@H](OCCC(=O)OCCC)[C@@H](C=C)O[Si](C)(C)C(C)(C)C. The van der Waals surface area contributed by atoms with Gasteiger partial charge in [0, 0.05) is 6.42 Å². The number of esters is 1. The van der Waals surface area contributed by atoms with Gasteiger partial charge in [-0.2, -0.15) is 0 Å². The van der Waals surface area contributed by atoms with Gasteiger partial charge >= 0.3 is 5.97 Å². The Hall–Kier alpha value is -1.09. The maximum Gasteiger partial charge on any atom is 0.308 e. The van der Waals surface area contributed by atoms with Gasteiger partial charge < -0.3 is 13.9 Å². The highest BCUT2D eigenvalue weighted by Gasteiger charge is 2.41. The monoisotopic (exact) mass is 382 g/mol. The molecule has 0 spiro atoms. The van der Waals surface area contributed by atoms with E-state index in [0.717, 1.165) is 6.42 Å². The average Bonchev–Trinajstić information content (AvgIpc) is 2.54. The largest absolute Gasteiger partial charge is 0.466 e. The number of hydrogen-bond donors (Lipinski definition) is 0. The van der Waals surface area contributed by atoms with Crippen molar-refractivity contribution in [3.05, 3.63) is 12.7 Å². The van der Waals surface area contributed by atoms with Crippen LogP contribution in [0.4, 0.5) is 0 Å². The minimum absolute atomic E-state index is 0.0815. The molecule has 0 aliphatic rings. The molecular formula is C21H38O4Si. The van der Waals surface area contributed by atoms with Crippen LogP contribution in [0.5, 0.6) is 0 Å². The first-order valence-corrected chi connectivity index (χ1v) is 12.4. The number of carbonyl (C=O) groups excluding carboxylic acids is 1. The second kappa shape index (κ2) is 11.6. The van der Waals surface area contributed by atoms with Crippen molar-refractivity contribution in [2.45, 2.75) is 84.2 Å². The number of ether oxygens (including phenoxy) is 2. The maximum atomic E-state index is 11.7. The van der Waals surface area contributed by atoms with Gasteiger partial charge in [0.15, 0.2) is 8.32 Å². The summed E-state index contributed by atoms with van der Waals surface area (Å²) >= 11 is 0. The van der Waals surface area contributed by atoms with Crippen molar-refractivity contribution in [3.8, 4) is 12.3 Å². The van der Waals surface area contributed by atoms with Crippen LogP contribution in [0.15, 0.2) is 12.7 Å². The first-order chi connectivity index (χ1) is 12.0. The third kappa shape index (κ3) is 8.53. The van der Waals surface area contributed by atoms with Gasteiger partial charge in [-0.25, -0.2) is 0 Å². The molecule has 0 rings (SSSR count). The predicted molar refractivity (Wildman–Crippen MR) is 110 cm³/mol. The van der Waals surface area contributed by atoms with E-state index in [2.05, 4.69) is 46.4 Å². The summed E-state index contributed by atoms with van der Waals surface area (Å²) in [5.74, 6) is 2.55. The van der Waals surface area contributed by atoms with Crippen molar-refractivity contribution >= 4 is 14.3 Å². The summed E-state index contributed by atoms with van der Waals surface area (Å²) in [6, 6.07) is 0. The second-order valence-electron chi connectivity index (χ2n) is 8.27. The van der Waals surface area contributed by atoms with Gasteiger partial charge in [0.05, 0.1) is 31.8 Å². The fourth-order valence-electron chi connectivity index (χ4n) is 2.22.